The van der Waals surface area contributed by atoms with Crippen molar-refractivity contribution in [1.29, 1.82) is 0 Å². The number of nitrogens with zero attached hydrogens (tertiary/aromatic N) is 3. The number of hydrogen-bond donors (Lipinski definition) is 0. The molecule has 0 unspecified atom stereocenters. The average Bonchev–Trinajstić information content (AvgIpc) is 3.45. The zero-order valence-corrected chi connectivity index (χ0v) is 22.7. The Labute approximate surface area is 240 Å². The number of fused-ring (bicyclic) bond motifs is 1. The van der Waals surface area contributed by atoms with E-state index in [0.717, 1.165) is 22.5 Å². The molecule has 1 aliphatic heterocycles. The fourth-order valence-electron chi connectivity index (χ4n) is 4.88. The van der Waals surface area contributed by atoms with Crippen LogP contribution in [0.1, 0.15) is 40.0 Å². The first-order chi connectivity index (χ1) is 20.3. The molecule has 0 bridgehead atoms. The molecule has 3 heterocycles. The normalized spacial score (nSPS) is 17.8. The molecule has 0 fully saturated rings. The lowest BCUT2D eigenvalue weighted by Gasteiger charge is -2.38. The number of imidazole rings is 1. The number of hydrogen-bond acceptors (Lipinski definition) is 5. The fourth-order valence-corrected chi connectivity index (χ4v) is 4.88. The van der Waals surface area contributed by atoms with Crippen molar-refractivity contribution in [2.24, 2.45) is 0 Å². The van der Waals surface area contributed by atoms with Crippen LogP contribution in [-0.4, -0.2) is 26.7 Å². The van der Waals surface area contributed by atoms with Crippen LogP contribution in [0.4, 0.5) is 0 Å². The van der Waals surface area contributed by atoms with Crippen LogP contribution in [0, 0.1) is 11.8 Å². The minimum absolute atomic E-state index is 0.266. The molecule has 41 heavy (non-hydrogen) atoms. The van der Waals surface area contributed by atoms with Crippen LogP contribution in [0.25, 0.3) is 0 Å². The van der Waals surface area contributed by atoms with E-state index in [1.54, 1.807) is 6.20 Å². The topological polar surface area (TPSA) is 58.4 Å². The van der Waals surface area contributed by atoms with Crippen LogP contribution >= 0.6 is 0 Å². The maximum Gasteiger partial charge on any atom is 0.144 e. The summed E-state index contributed by atoms with van der Waals surface area (Å²) in [5.41, 5.74) is 4.63. The Morgan fingerprint density at radius 1 is 0.634 bits per heavy atom. The van der Waals surface area contributed by atoms with Gasteiger partial charge in [0.15, 0.2) is 0 Å². The van der Waals surface area contributed by atoms with Gasteiger partial charge in [0.25, 0.3) is 0 Å². The van der Waals surface area contributed by atoms with Crippen LogP contribution in [-0.2, 0) is 40.6 Å². The molecule has 6 nitrogen and oxygen atoms in total. The maximum atomic E-state index is 6.62. The van der Waals surface area contributed by atoms with Gasteiger partial charge >= 0.3 is 0 Å². The number of rotatable bonds is 9. The van der Waals surface area contributed by atoms with Crippen LogP contribution < -0.4 is 0 Å². The highest BCUT2D eigenvalue weighted by molar-refractivity contribution is 5.36. The van der Waals surface area contributed by atoms with Gasteiger partial charge in [-0.2, -0.15) is 0 Å². The summed E-state index contributed by atoms with van der Waals surface area (Å²) in [6.45, 7) is 1.91. The molecule has 5 aromatic rings. The third-order valence-electron chi connectivity index (χ3n) is 6.95. The van der Waals surface area contributed by atoms with Crippen molar-refractivity contribution in [3.05, 3.63) is 155 Å². The lowest BCUT2D eigenvalue weighted by atomic mass is 10.0. The second-order valence-corrected chi connectivity index (χ2v) is 9.92. The van der Waals surface area contributed by atoms with E-state index in [1.165, 1.54) is 0 Å². The predicted octanol–water partition coefficient (Wildman–Crippen LogP) is 6.12. The first-order valence-electron chi connectivity index (χ1n) is 13.8. The minimum atomic E-state index is -0.459. The van der Waals surface area contributed by atoms with Gasteiger partial charge in [-0.05, 0) is 40.7 Å². The Balaban J connectivity index is 1.32. The summed E-state index contributed by atoms with van der Waals surface area (Å²) in [4.78, 5) is 9.23. The van der Waals surface area contributed by atoms with E-state index in [2.05, 4.69) is 57.8 Å². The Morgan fingerprint density at radius 3 is 1.80 bits per heavy atom. The highest BCUT2D eigenvalue weighted by Gasteiger charge is 2.41. The SMILES string of the molecule is C(#Cc1cn2c(n1)[C@H](OCc1ccccc1)[C@@H](OCc1ccccc1)[C@@H](OCc1ccccc1)C2)c1ccccn1. The van der Waals surface area contributed by atoms with Gasteiger partial charge in [0.1, 0.15) is 35.5 Å². The van der Waals surface area contributed by atoms with Gasteiger partial charge in [0, 0.05) is 12.4 Å². The number of aromatic nitrogens is 3. The second kappa shape index (κ2) is 13.2. The maximum absolute atomic E-state index is 6.62. The summed E-state index contributed by atoms with van der Waals surface area (Å²) in [5, 5.41) is 0. The van der Waals surface area contributed by atoms with E-state index < -0.39 is 6.10 Å². The zero-order valence-electron chi connectivity index (χ0n) is 22.7. The van der Waals surface area contributed by atoms with Gasteiger partial charge in [-0.3, -0.25) is 0 Å². The van der Waals surface area contributed by atoms with E-state index in [9.17, 15) is 0 Å². The molecule has 0 amide bonds. The molecule has 6 rings (SSSR count). The third-order valence-corrected chi connectivity index (χ3v) is 6.95. The van der Waals surface area contributed by atoms with E-state index >= 15 is 0 Å². The molecule has 3 aromatic carbocycles. The molecule has 1 aliphatic rings. The third kappa shape index (κ3) is 6.97. The molecule has 3 atom stereocenters. The van der Waals surface area contributed by atoms with Crippen LogP contribution in [0.15, 0.2) is 122 Å². The van der Waals surface area contributed by atoms with Gasteiger partial charge < -0.3 is 18.8 Å². The highest BCUT2D eigenvalue weighted by atomic mass is 16.6. The molecule has 2 aromatic heterocycles. The van der Waals surface area contributed by atoms with Crippen LogP contribution in [0.2, 0.25) is 0 Å². The van der Waals surface area contributed by atoms with E-state index in [1.807, 2.05) is 79.0 Å². The average molecular weight is 542 g/mol. The number of ether oxygens (including phenoxy) is 3. The van der Waals surface area contributed by atoms with Crippen molar-refractivity contribution < 1.29 is 14.2 Å². The molecule has 0 saturated heterocycles. The number of benzene rings is 3. The van der Waals surface area contributed by atoms with Crippen LogP contribution in [0.5, 0.6) is 0 Å². The lowest BCUT2D eigenvalue weighted by Crippen LogP contribution is -2.45. The Morgan fingerprint density at radius 2 is 1.20 bits per heavy atom. The fraction of sp³-hybridized carbons (Fsp3) is 0.200. The van der Waals surface area contributed by atoms with Crippen LogP contribution in [0.3, 0.4) is 0 Å². The van der Waals surface area contributed by atoms with E-state index in [-0.39, 0.29) is 12.2 Å². The summed E-state index contributed by atoms with van der Waals surface area (Å²) in [5.74, 6) is 7.08. The second-order valence-electron chi connectivity index (χ2n) is 9.92. The summed E-state index contributed by atoms with van der Waals surface area (Å²) >= 11 is 0. The summed E-state index contributed by atoms with van der Waals surface area (Å²) in [7, 11) is 0. The van der Waals surface area contributed by atoms with Gasteiger partial charge in [-0.1, -0.05) is 97.1 Å². The van der Waals surface area contributed by atoms with Crippen molar-refractivity contribution in [3.63, 3.8) is 0 Å². The first kappa shape index (κ1) is 26.7. The highest BCUT2D eigenvalue weighted by Crippen LogP contribution is 2.34. The zero-order chi connectivity index (χ0) is 27.7. The smallest absolute Gasteiger partial charge is 0.144 e. The van der Waals surface area contributed by atoms with Gasteiger partial charge in [-0.25, -0.2) is 9.97 Å². The number of pyridine rings is 1. The molecule has 0 aliphatic carbocycles. The van der Waals surface area contributed by atoms with Gasteiger partial charge in [0.2, 0.25) is 0 Å². The molecular weight excluding hydrogens is 510 g/mol. The standard InChI is InChI=1S/C35H31N3O3/c1-4-12-27(13-5-1)24-39-32-23-38-22-31(20-19-30-18-10-11-21-36-30)37-35(38)34(41-26-29-16-8-3-9-17-29)33(32)40-25-28-14-6-2-7-15-28/h1-18,21-22,32-34H,23-26H2/t32-,33-,34+/m0/s1. The Bertz CT molecular complexity index is 1580. The van der Waals surface area contributed by atoms with Crippen molar-refractivity contribution in [3.8, 4) is 11.8 Å². The summed E-state index contributed by atoms with van der Waals surface area (Å²) < 4.78 is 21.9. The monoisotopic (exact) mass is 541 g/mol. The van der Waals surface area contributed by atoms with Crippen molar-refractivity contribution in [1.82, 2.24) is 14.5 Å². The Hall–Kier alpha value is -4.54. The molecular formula is C35H31N3O3. The molecule has 0 N–H and O–H groups in total. The molecule has 204 valence electrons. The molecule has 0 radical (unpaired) electrons. The van der Waals surface area contributed by atoms with Gasteiger partial charge in [0.05, 0.1) is 26.4 Å². The Kier molecular flexibility index (Phi) is 8.59. The van der Waals surface area contributed by atoms with Gasteiger partial charge in [-0.15, -0.1) is 0 Å². The van der Waals surface area contributed by atoms with Crippen molar-refractivity contribution >= 4 is 0 Å². The quantitative estimate of drug-likeness (QED) is 0.211. The molecule has 0 saturated carbocycles. The molecule has 6 heteroatoms. The predicted molar refractivity (Wildman–Crippen MR) is 156 cm³/mol. The summed E-state index contributed by atoms with van der Waals surface area (Å²) in [6, 6.07) is 36.2. The minimum Gasteiger partial charge on any atom is -0.369 e. The molecule has 0 spiro atoms. The summed E-state index contributed by atoms with van der Waals surface area (Å²) in [6.07, 6.45) is 2.60. The first-order valence-corrected chi connectivity index (χ1v) is 13.8. The lowest BCUT2D eigenvalue weighted by molar-refractivity contribution is -0.171. The van der Waals surface area contributed by atoms with E-state index in [0.29, 0.717) is 37.8 Å². The largest absolute Gasteiger partial charge is 0.369 e. The van der Waals surface area contributed by atoms with E-state index in [4.69, 9.17) is 19.2 Å². The van der Waals surface area contributed by atoms with Crippen molar-refractivity contribution in [2.45, 2.75) is 44.7 Å². The van der Waals surface area contributed by atoms with Crippen molar-refractivity contribution in [2.75, 3.05) is 0 Å².